The first-order valence-corrected chi connectivity index (χ1v) is 15.5. The fraction of sp³-hybridized carbons (Fsp3) is 0.333. The minimum Gasteiger partial charge on any atom is -0.296 e. The highest BCUT2D eigenvalue weighted by Crippen LogP contribution is 2.31. The van der Waals surface area contributed by atoms with E-state index in [1.165, 1.54) is 0 Å². The third-order valence-electron chi connectivity index (χ3n) is 7.41. The van der Waals surface area contributed by atoms with E-state index in [1.807, 2.05) is 48.6 Å². The van der Waals surface area contributed by atoms with Crippen LogP contribution in [0.3, 0.4) is 0 Å². The molecular weight excluding hydrogens is 679 g/mol. The minimum atomic E-state index is -0.0124. The normalized spacial score (nSPS) is 19.4. The quantitative estimate of drug-likeness (QED) is 0.159. The molecule has 2 atom stereocenters. The zero-order valence-electron chi connectivity index (χ0n) is 22.2. The van der Waals surface area contributed by atoms with Crippen molar-refractivity contribution in [3.05, 3.63) is 103 Å². The molecule has 0 aliphatic carbocycles. The second-order valence-electron chi connectivity index (χ2n) is 10.2. The average Bonchev–Trinajstić information content (AvgIpc) is 2.94. The summed E-state index contributed by atoms with van der Waals surface area (Å²) in [6.07, 6.45) is 7.56. The van der Waals surface area contributed by atoms with Crippen LogP contribution < -0.4 is 11.1 Å². The van der Waals surface area contributed by atoms with Crippen LogP contribution in [0.2, 0.25) is 0 Å². The molecule has 0 bridgehead atoms. The number of benzene rings is 2. The van der Waals surface area contributed by atoms with Crippen LogP contribution in [-0.4, -0.2) is 24.4 Å². The van der Waals surface area contributed by atoms with E-state index in [0.717, 1.165) is 57.3 Å². The number of nitrogens with zero attached hydrogens (tertiary/aromatic N) is 4. The summed E-state index contributed by atoms with van der Waals surface area (Å²) >= 11 is 16.4. The molecule has 0 saturated carbocycles. The van der Waals surface area contributed by atoms with Gasteiger partial charge in [0.05, 0.1) is 27.1 Å². The summed E-state index contributed by atoms with van der Waals surface area (Å²) in [6.45, 7) is 11.2. The van der Waals surface area contributed by atoms with Gasteiger partial charge in [-0.25, -0.2) is 9.97 Å². The van der Waals surface area contributed by atoms with Gasteiger partial charge in [0, 0.05) is 40.3 Å². The van der Waals surface area contributed by atoms with Crippen molar-refractivity contribution in [2.24, 2.45) is 11.3 Å². The third kappa shape index (κ3) is 6.62. The molecule has 2 aromatic heterocycles. The maximum Gasteiger partial charge on any atom is 0.261 e. The lowest BCUT2D eigenvalue weighted by Crippen LogP contribution is -2.37. The monoisotopic (exact) mass is 706 g/mol. The van der Waals surface area contributed by atoms with Gasteiger partial charge in [-0.15, -0.1) is 36.4 Å². The highest BCUT2D eigenvalue weighted by molar-refractivity contribution is 9.10. The third-order valence-corrected chi connectivity index (χ3v) is 8.40. The van der Waals surface area contributed by atoms with E-state index in [2.05, 4.69) is 61.9 Å². The van der Waals surface area contributed by atoms with E-state index >= 15 is 0 Å². The maximum absolute atomic E-state index is 12.6. The second kappa shape index (κ2) is 13.1. The van der Waals surface area contributed by atoms with E-state index in [9.17, 15) is 9.59 Å². The largest absolute Gasteiger partial charge is 0.296 e. The Balaban J connectivity index is 0.000000169. The molecule has 6 nitrogen and oxygen atoms in total. The Morgan fingerprint density at radius 1 is 0.950 bits per heavy atom. The number of hydrogen-bond acceptors (Lipinski definition) is 4. The lowest BCUT2D eigenvalue weighted by atomic mass is 9.83. The Morgan fingerprint density at radius 3 is 2.00 bits per heavy atom. The molecule has 0 saturated heterocycles. The lowest BCUT2D eigenvalue weighted by molar-refractivity contribution is 0.282. The molecule has 2 aliphatic heterocycles. The Bertz CT molecular complexity index is 1700. The number of rotatable bonds is 2. The first kappa shape index (κ1) is 30.7. The molecule has 0 radical (unpaired) electrons. The Hall–Kier alpha value is -2.26. The van der Waals surface area contributed by atoms with Crippen LogP contribution in [-0.2, 0) is 25.9 Å². The fourth-order valence-electron chi connectivity index (χ4n) is 5.05. The molecule has 210 valence electrons. The van der Waals surface area contributed by atoms with Gasteiger partial charge in [-0.05, 0) is 55.2 Å². The predicted molar refractivity (Wildman–Crippen MR) is 173 cm³/mol. The number of allylic oxidation sites excluding steroid dienone is 2. The van der Waals surface area contributed by atoms with Gasteiger partial charge < -0.3 is 0 Å². The molecule has 0 N–H and O–H groups in total. The summed E-state index contributed by atoms with van der Waals surface area (Å²) in [6, 6.07) is 11.2. The summed E-state index contributed by atoms with van der Waals surface area (Å²) in [5, 5.41) is 1.56. The van der Waals surface area contributed by atoms with Crippen molar-refractivity contribution in [1.29, 1.82) is 0 Å². The Kier molecular flexibility index (Phi) is 10.1. The molecular formula is C30H30Br2Cl2N4O2. The van der Waals surface area contributed by atoms with Crippen molar-refractivity contribution in [1.82, 2.24) is 19.1 Å². The maximum atomic E-state index is 12.6. The fourth-order valence-corrected chi connectivity index (χ4v) is 5.75. The molecule has 0 spiro atoms. The number of aromatic nitrogens is 4. The molecule has 4 aromatic rings. The van der Waals surface area contributed by atoms with Gasteiger partial charge >= 0.3 is 0 Å². The highest BCUT2D eigenvalue weighted by atomic mass is 79.9. The molecule has 0 amide bonds. The van der Waals surface area contributed by atoms with Crippen LogP contribution in [0.15, 0.2) is 80.2 Å². The van der Waals surface area contributed by atoms with Gasteiger partial charge in [-0.1, -0.05) is 50.9 Å². The molecule has 2 aliphatic rings. The summed E-state index contributed by atoms with van der Waals surface area (Å²) < 4.78 is 5.50. The van der Waals surface area contributed by atoms with Gasteiger partial charge in [-0.2, -0.15) is 0 Å². The minimum absolute atomic E-state index is 0.0124. The molecule has 10 heteroatoms. The average molecular weight is 709 g/mol. The molecule has 2 aromatic carbocycles. The van der Waals surface area contributed by atoms with Gasteiger partial charge in [-0.3, -0.25) is 18.7 Å². The summed E-state index contributed by atoms with van der Waals surface area (Å²) in [5.41, 5.74) is 1.65. The number of halogens is 4. The molecule has 0 fully saturated rings. The van der Waals surface area contributed by atoms with E-state index in [4.69, 9.17) is 23.2 Å². The molecule has 2 unspecified atom stereocenters. The van der Waals surface area contributed by atoms with Crippen molar-refractivity contribution in [3.8, 4) is 0 Å². The van der Waals surface area contributed by atoms with Crippen molar-refractivity contribution in [3.63, 3.8) is 0 Å². The Labute approximate surface area is 260 Å². The first-order valence-electron chi connectivity index (χ1n) is 12.9. The van der Waals surface area contributed by atoms with E-state index in [1.54, 1.807) is 9.13 Å². The summed E-state index contributed by atoms with van der Waals surface area (Å²) in [7, 11) is 0. The van der Waals surface area contributed by atoms with Gasteiger partial charge in [0.2, 0.25) is 0 Å². The van der Waals surface area contributed by atoms with Crippen LogP contribution in [0.1, 0.15) is 31.4 Å². The molecule has 6 rings (SSSR count). The van der Waals surface area contributed by atoms with Crippen LogP contribution in [0, 0.1) is 11.3 Å². The highest BCUT2D eigenvalue weighted by Gasteiger charge is 2.29. The van der Waals surface area contributed by atoms with Crippen LogP contribution in [0.25, 0.3) is 21.8 Å². The van der Waals surface area contributed by atoms with E-state index in [0.29, 0.717) is 29.8 Å². The summed E-state index contributed by atoms with van der Waals surface area (Å²) in [5.74, 6) is 2.16. The zero-order chi connectivity index (χ0) is 29.0. The van der Waals surface area contributed by atoms with Crippen molar-refractivity contribution in [2.75, 3.05) is 5.34 Å². The van der Waals surface area contributed by atoms with Crippen molar-refractivity contribution >= 4 is 76.9 Å². The number of fused-ring (bicyclic) bond motifs is 4. The number of aryl methyl sites for hydroxylation is 2. The lowest BCUT2D eigenvalue weighted by Gasteiger charge is -2.32. The van der Waals surface area contributed by atoms with Crippen LogP contribution in [0.5, 0.6) is 0 Å². The first-order chi connectivity index (χ1) is 19.1. The molecule has 4 heterocycles. The number of alkyl halides is 2. The van der Waals surface area contributed by atoms with E-state index < -0.39 is 0 Å². The zero-order valence-corrected chi connectivity index (χ0v) is 26.9. The second-order valence-corrected chi connectivity index (χ2v) is 12.8. The van der Waals surface area contributed by atoms with Crippen molar-refractivity contribution < 1.29 is 0 Å². The number of hydrogen-bond donors (Lipinski definition) is 0. The topological polar surface area (TPSA) is 69.8 Å². The standard InChI is InChI=1S/C15H15BrN2O.C14H13BrN2O.CH2Cl2/c1-3-15(2)7-6-13-17-12-8-10(16)4-5-11(12)14(19)18(13)9-15;1-2-9-3-6-13-16-12-7-10(15)4-5-11(12)14(18)17(13)8-9;2-1-3/h3-5,8H,1,6-7,9H2,2H3;2,4-5,7,9H,1,3,6,8H2;1H2. The SMILES string of the molecule is C=CC1(C)CCc2nc3cc(Br)ccc3c(=O)n2C1.C=CC1CCc2nc3cc(Br)ccc3c(=O)n2C1.ClCCl. The Morgan fingerprint density at radius 2 is 1.48 bits per heavy atom. The molecule has 40 heavy (non-hydrogen) atoms. The predicted octanol–water partition coefficient (Wildman–Crippen LogP) is 7.63. The van der Waals surface area contributed by atoms with Gasteiger partial charge in [0.25, 0.3) is 11.1 Å². The van der Waals surface area contributed by atoms with Crippen molar-refractivity contribution in [2.45, 2.75) is 45.7 Å². The van der Waals surface area contributed by atoms with Crippen LogP contribution >= 0.6 is 55.1 Å². The van der Waals surface area contributed by atoms with E-state index in [-0.39, 0.29) is 21.9 Å². The summed E-state index contributed by atoms with van der Waals surface area (Å²) in [4.78, 5) is 34.2. The van der Waals surface area contributed by atoms with Gasteiger partial charge in [0.15, 0.2) is 0 Å². The van der Waals surface area contributed by atoms with Crippen LogP contribution in [0.4, 0.5) is 0 Å². The van der Waals surface area contributed by atoms with Gasteiger partial charge in [0.1, 0.15) is 11.6 Å². The smallest absolute Gasteiger partial charge is 0.261 e.